The van der Waals surface area contributed by atoms with Gasteiger partial charge in [-0.15, -0.1) is 0 Å². The zero-order valence-electron chi connectivity index (χ0n) is 19.6. The molecule has 190 valence electrons. The molecule has 11 heteroatoms. The number of nitrogens with zero attached hydrogens (tertiary/aromatic N) is 2. The van der Waals surface area contributed by atoms with E-state index < -0.39 is 29.2 Å². The Morgan fingerprint density at radius 2 is 1.62 bits per heavy atom. The van der Waals surface area contributed by atoms with Crippen LogP contribution in [0.5, 0.6) is 0 Å². The first-order chi connectivity index (χ1) is 17.6. The number of amides is 1. The Kier molecular flexibility index (Phi) is 7.49. The van der Waals surface area contributed by atoms with Crippen molar-refractivity contribution in [2.75, 3.05) is 0 Å². The van der Waals surface area contributed by atoms with Crippen LogP contribution in [0, 0.1) is 0 Å². The molecule has 0 bridgehead atoms. The number of aryl methyl sites for hydroxylation is 1. The molecule has 0 radical (unpaired) electrons. The van der Waals surface area contributed by atoms with Gasteiger partial charge in [-0.3, -0.25) is 14.2 Å². The van der Waals surface area contributed by atoms with Crippen LogP contribution in [-0.4, -0.2) is 32.2 Å². The molecule has 0 spiro atoms. The summed E-state index contributed by atoms with van der Waals surface area (Å²) in [5.41, 5.74) is 6.77. The fourth-order valence-corrected chi connectivity index (χ4v) is 4.59. The van der Waals surface area contributed by atoms with E-state index in [9.17, 15) is 24.3 Å². The smallest absolute Gasteiger partial charge is 0.335 e. The molecule has 1 amide bonds. The third-order valence-electron chi connectivity index (χ3n) is 6.00. The van der Waals surface area contributed by atoms with Crippen molar-refractivity contribution in [2.24, 2.45) is 12.8 Å². The number of aromatic nitrogens is 2. The van der Waals surface area contributed by atoms with Gasteiger partial charge in [0.05, 0.1) is 32.2 Å². The van der Waals surface area contributed by atoms with Gasteiger partial charge in [0, 0.05) is 20.0 Å². The molecule has 1 atom stereocenters. The van der Waals surface area contributed by atoms with Crippen LogP contribution in [-0.2, 0) is 24.8 Å². The minimum absolute atomic E-state index is 0.0169. The molecule has 4 rings (SSSR count). The molecule has 3 aromatic carbocycles. The van der Waals surface area contributed by atoms with Crippen LogP contribution < -0.4 is 22.3 Å². The number of nitrogens with two attached hydrogens (primary N) is 1. The standard InChI is InChI=1S/C26H22Cl2N4O5/c1-31-21-10-7-15(13-29)11-17(21)24(34)32(26(31)37)16-8-5-14(6-9-16)12-20(25(35)36)30-23(33)22-18(27)3-2-4-19(22)28/h2-11,20H,12-13,29H2,1H3,(H,30,33)(H,35,36)/t20-/m0/s1. The largest absolute Gasteiger partial charge is 0.480 e. The number of hydrogen-bond donors (Lipinski definition) is 3. The van der Waals surface area contributed by atoms with Crippen molar-refractivity contribution in [3.05, 3.63) is 108 Å². The molecule has 1 aromatic heterocycles. The van der Waals surface area contributed by atoms with Gasteiger partial charge in [0.2, 0.25) is 0 Å². The molecular formula is C26H22Cl2N4O5. The van der Waals surface area contributed by atoms with Crippen LogP contribution in [0.15, 0.2) is 70.3 Å². The fraction of sp³-hybridized carbons (Fsp3) is 0.154. The van der Waals surface area contributed by atoms with E-state index in [1.54, 1.807) is 55.6 Å². The summed E-state index contributed by atoms with van der Waals surface area (Å²) >= 11 is 12.1. The third kappa shape index (κ3) is 5.15. The van der Waals surface area contributed by atoms with Crippen LogP contribution in [0.1, 0.15) is 21.5 Å². The van der Waals surface area contributed by atoms with E-state index >= 15 is 0 Å². The Balaban J connectivity index is 1.63. The van der Waals surface area contributed by atoms with Crippen molar-refractivity contribution in [3.8, 4) is 5.69 Å². The number of carbonyl (C=O) groups excluding carboxylic acids is 1. The highest BCUT2D eigenvalue weighted by molar-refractivity contribution is 6.39. The predicted molar refractivity (Wildman–Crippen MR) is 142 cm³/mol. The number of carboxylic acid groups (broad SMARTS) is 1. The maximum atomic E-state index is 13.2. The van der Waals surface area contributed by atoms with Crippen LogP contribution in [0.25, 0.3) is 16.6 Å². The lowest BCUT2D eigenvalue weighted by atomic mass is 10.0. The summed E-state index contributed by atoms with van der Waals surface area (Å²) in [6.45, 7) is 0.247. The highest BCUT2D eigenvalue weighted by atomic mass is 35.5. The van der Waals surface area contributed by atoms with Crippen molar-refractivity contribution >= 4 is 46.0 Å². The number of aliphatic carboxylic acids is 1. The van der Waals surface area contributed by atoms with Crippen LogP contribution >= 0.6 is 23.2 Å². The Hall–Kier alpha value is -3.92. The molecule has 1 heterocycles. The van der Waals surface area contributed by atoms with Gasteiger partial charge in [0.1, 0.15) is 6.04 Å². The van der Waals surface area contributed by atoms with Gasteiger partial charge < -0.3 is 16.2 Å². The maximum absolute atomic E-state index is 13.2. The molecule has 0 aliphatic carbocycles. The van der Waals surface area contributed by atoms with E-state index in [1.807, 2.05) is 0 Å². The minimum atomic E-state index is -1.28. The fourth-order valence-electron chi connectivity index (χ4n) is 4.02. The van der Waals surface area contributed by atoms with Crippen LogP contribution in [0.4, 0.5) is 0 Å². The lowest BCUT2D eigenvalue weighted by Gasteiger charge is -2.16. The molecular weight excluding hydrogens is 519 g/mol. The summed E-state index contributed by atoms with van der Waals surface area (Å²) in [7, 11) is 1.57. The number of carbonyl (C=O) groups is 2. The summed E-state index contributed by atoms with van der Waals surface area (Å²) in [6, 6.07) is 14.6. The van der Waals surface area contributed by atoms with Gasteiger partial charge in [-0.1, -0.05) is 47.5 Å². The number of halogens is 2. The Morgan fingerprint density at radius 1 is 1.00 bits per heavy atom. The first-order valence-electron chi connectivity index (χ1n) is 11.1. The number of carboxylic acids is 1. The van der Waals surface area contributed by atoms with Crippen LogP contribution in [0.2, 0.25) is 10.0 Å². The van der Waals surface area contributed by atoms with E-state index in [-0.39, 0.29) is 28.6 Å². The molecule has 0 aliphatic rings. The van der Waals surface area contributed by atoms with Gasteiger partial charge >= 0.3 is 11.7 Å². The Morgan fingerprint density at radius 3 is 2.22 bits per heavy atom. The lowest BCUT2D eigenvalue weighted by molar-refractivity contribution is -0.139. The second kappa shape index (κ2) is 10.6. The average molecular weight is 541 g/mol. The summed E-state index contributed by atoms with van der Waals surface area (Å²) in [5.74, 6) is -1.97. The van der Waals surface area contributed by atoms with Crippen molar-refractivity contribution in [3.63, 3.8) is 0 Å². The van der Waals surface area contributed by atoms with Crippen molar-refractivity contribution in [2.45, 2.75) is 19.0 Å². The summed E-state index contributed by atoms with van der Waals surface area (Å²) in [6.07, 6.45) is -0.0616. The van der Waals surface area contributed by atoms with Gasteiger partial charge in [-0.2, -0.15) is 0 Å². The molecule has 0 saturated carbocycles. The Labute approximate surface area is 220 Å². The highest BCUT2D eigenvalue weighted by Crippen LogP contribution is 2.24. The lowest BCUT2D eigenvalue weighted by Crippen LogP contribution is -2.42. The Bertz CT molecular complexity index is 1620. The van der Waals surface area contributed by atoms with Gasteiger partial charge in [-0.25, -0.2) is 14.2 Å². The maximum Gasteiger partial charge on any atom is 0.335 e. The number of benzene rings is 3. The van der Waals surface area contributed by atoms with Crippen LogP contribution in [0.3, 0.4) is 0 Å². The molecule has 0 saturated heterocycles. The third-order valence-corrected chi connectivity index (χ3v) is 6.63. The zero-order valence-corrected chi connectivity index (χ0v) is 21.1. The van der Waals surface area contributed by atoms with Gasteiger partial charge in [0.15, 0.2) is 0 Å². The SMILES string of the molecule is Cn1c(=O)n(-c2ccc(C[C@H](NC(=O)c3c(Cl)cccc3Cl)C(=O)O)cc2)c(=O)c2cc(CN)ccc21. The average Bonchev–Trinajstić information content (AvgIpc) is 2.87. The topological polar surface area (TPSA) is 136 Å². The molecule has 37 heavy (non-hydrogen) atoms. The quantitative estimate of drug-likeness (QED) is 0.329. The van der Waals surface area contributed by atoms with E-state index in [2.05, 4.69) is 5.32 Å². The van der Waals surface area contributed by atoms with E-state index in [1.165, 1.54) is 16.7 Å². The normalized spacial score (nSPS) is 11.9. The molecule has 0 unspecified atom stereocenters. The van der Waals surface area contributed by atoms with Gasteiger partial charge in [-0.05, 0) is 47.5 Å². The molecule has 9 nitrogen and oxygen atoms in total. The second-order valence-electron chi connectivity index (χ2n) is 8.37. The molecule has 0 fully saturated rings. The number of hydrogen-bond acceptors (Lipinski definition) is 5. The van der Waals surface area contributed by atoms with Crippen molar-refractivity contribution in [1.29, 1.82) is 0 Å². The first-order valence-corrected chi connectivity index (χ1v) is 11.9. The number of nitrogens with one attached hydrogen (secondary N) is 1. The number of fused-ring (bicyclic) bond motifs is 1. The molecule has 4 N–H and O–H groups in total. The summed E-state index contributed by atoms with van der Waals surface area (Å²) in [4.78, 5) is 50.7. The first kappa shape index (κ1) is 26.2. The minimum Gasteiger partial charge on any atom is -0.480 e. The monoisotopic (exact) mass is 540 g/mol. The van der Waals surface area contributed by atoms with Crippen molar-refractivity contribution < 1.29 is 14.7 Å². The number of rotatable bonds is 7. The van der Waals surface area contributed by atoms with E-state index in [4.69, 9.17) is 28.9 Å². The van der Waals surface area contributed by atoms with E-state index in [0.29, 0.717) is 22.2 Å². The van der Waals surface area contributed by atoms with Gasteiger partial charge in [0.25, 0.3) is 11.5 Å². The van der Waals surface area contributed by atoms with E-state index in [0.717, 1.165) is 10.1 Å². The molecule has 0 aliphatic heterocycles. The highest BCUT2D eigenvalue weighted by Gasteiger charge is 2.24. The molecule has 4 aromatic rings. The summed E-state index contributed by atoms with van der Waals surface area (Å²) < 4.78 is 2.42. The zero-order chi connectivity index (χ0) is 26.9. The second-order valence-corrected chi connectivity index (χ2v) is 9.18. The predicted octanol–water partition coefficient (Wildman–Crippen LogP) is 2.88. The summed E-state index contributed by atoms with van der Waals surface area (Å²) in [5, 5.41) is 12.7. The van der Waals surface area contributed by atoms with Crippen molar-refractivity contribution in [1.82, 2.24) is 14.5 Å².